The Hall–Kier alpha value is -1.11. The van der Waals surface area contributed by atoms with Crippen LogP contribution in [0.2, 0.25) is 0 Å². The van der Waals surface area contributed by atoms with Gasteiger partial charge in [0.05, 0.1) is 0 Å². The minimum atomic E-state index is 0.190. The maximum atomic E-state index is 11.5. The van der Waals surface area contributed by atoms with Crippen molar-refractivity contribution < 1.29 is 4.79 Å². The van der Waals surface area contributed by atoms with Crippen molar-refractivity contribution >= 4 is 5.78 Å². The molecule has 0 saturated heterocycles. The minimum Gasteiger partial charge on any atom is -0.290 e. The lowest BCUT2D eigenvalue weighted by atomic mass is 9.62. The Balaban J connectivity index is 1.70. The predicted molar refractivity (Wildman–Crippen MR) is 72.0 cm³/mol. The van der Waals surface area contributed by atoms with Crippen molar-refractivity contribution in [3.63, 3.8) is 0 Å². The highest BCUT2D eigenvalue weighted by molar-refractivity contribution is 6.01. The molecule has 0 radical (unpaired) electrons. The molecule has 1 nitrogen and oxygen atoms in total. The highest BCUT2D eigenvalue weighted by atomic mass is 16.1. The Kier molecular flexibility index (Phi) is 2.36. The summed E-state index contributed by atoms with van der Waals surface area (Å²) in [5.41, 5.74) is 3.03. The van der Waals surface area contributed by atoms with Gasteiger partial charge in [-0.3, -0.25) is 4.79 Å². The SMILES string of the molecule is O=C1C=CC2C(=C1)CCC1C2=CCC2CCCC21. The van der Waals surface area contributed by atoms with E-state index in [1.807, 2.05) is 6.08 Å². The fourth-order valence-electron chi connectivity index (χ4n) is 4.82. The van der Waals surface area contributed by atoms with Crippen LogP contribution in [0.15, 0.2) is 35.5 Å². The van der Waals surface area contributed by atoms with Crippen LogP contribution in [0, 0.1) is 23.7 Å². The van der Waals surface area contributed by atoms with Gasteiger partial charge in [-0.05, 0) is 62.0 Å². The van der Waals surface area contributed by atoms with E-state index in [9.17, 15) is 4.79 Å². The van der Waals surface area contributed by atoms with Gasteiger partial charge in [0.25, 0.3) is 0 Å². The van der Waals surface area contributed by atoms with Crippen molar-refractivity contribution in [2.75, 3.05) is 0 Å². The van der Waals surface area contributed by atoms with Gasteiger partial charge in [0.1, 0.15) is 0 Å². The summed E-state index contributed by atoms with van der Waals surface area (Å²) in [6.45, 7) is 0. The standard InChI is InChI=1S/C17H20O/c18-13-6-9-15-12(10-13)5-8-16-14-3-1-2-11(14)4-7-17(15)16/h6-7,9-11,14-16H,1-5,8H2. The van der Waals surface area contributed by atoms with Crippen molar-refractivity contribution in [2.45, 2.75) is 38.5 Å². The van der Waals surface area contributed by atoms with Crippen molar-refractivity contribution in [3.8, 4) is 0 Å². The van der Waals surface area contributed by atoms with E-state index in [1.54, 1.807) is 11.6 Å². The van der Waals surface area contributed by atoms with Crippen LogP contribution in [0.25, 0.3) is 0 Å². The molecule has 2 saturated carbocycles. The molecule has 2 fully saturated rings. The van der Waals surface area contributed by atoms with Crippen molar-refractivity contribution in [1.29, 1.82) is 0 Å². The molecular formula is C17H20O. The van der Waals surface area contributed by atoms with E-state index in [-0.39, 0.29) is 5.78 Å². The lowest BCUT2D eigenvalue weighted by Crippen LogP contribution is -2.32. The first kappa shape index (κ1) is 10.8. The average Bonchev–Trinajstić information content (AvgIpc) is 2.86. The third-order valence-corrected chi connectivity index (χ3v) is 5.60. The van der Waals surface area contributed by atoms with Gasteiger partial charge in [0.2, 0.25) is 0 Å². The highest BCUT2D eigenvalue weighted by Gasteiger charge is 2.42. The molecule has 4 rings (SSSR count). The van der Waals surface area contributed by atoms with E-state index in [1.165, 1.54) is 37.7 Å². The Bertz CT molecular complexity index is 480. The number of fused-ring (bicyclic) bond motifs is 5. The van der Waals surface area contributed by atoms with Gasteiger partial charge >= 0.3 is 0 Å². The molecule has 18 heavy (non-hydrogen) atoms. The average molecular weight is 240 g/mol. The Morgan fingerprint density at radius 1 is 1.17 bits per heavy atom. The van der Waals surface area contributed by atoms with Crippen LogP contribution in [0.1, 0.15) is 38.5 Å². The van der Waals surface area contributed by atoms with Gasteiger partial charge in [-0.2, -0.15) is 0 Å². The molecule has 0 aromatic rings. The summed E-state index contributed by atoms with van der Waals surface area (Å²) in [4.78, 5) is 11.5. The Morgan fingerprint density at radius 2 is 2.11 bits per heavy atom. The number of allylic oxidation sites excluding steroid dienone is 6. The third-order valence-electron chi connectivity index (χ3n) is 5.60. The van der Waals surface area contributed by atoms with Gasteiger partial charge < -0.3 is 0 Å². The zero-order valence-corrected chi connectivity index (χ0v) is 10.8. The second-order valence-corrected chi connectivity index (χ2v) is 6.40. The molecule has 94 valence electrons. The maximum Gasteiger partial charge on any atom is 0.178 e. The second-order valence-electron chi connectivity index (χ2n) is 6.40. The number of carbonyl (C=O) groups is 1. The zero-order chi connectivity index (χ0) is 12.1. The van der Waals surface area contributed by atoms with Crippen LogP contribution in [0.5, 0.6) is 0 Å². The van der Waals surface area contributed by atoms with Crippen molar-refractivity contribution in [3.05, 3.63) is 35.5 Å². The van der Waals surface area contributed by atoms with E-state index in [0.29, 0.717) is 5.92 Å². The number of hydrogen-bond acceptors (Lipinski definition) is 1. The fraction of sp³-hybridized carbons (Fsp3) is 0.588. The maximum absolute atomic E-state index is 11.5. The van der Waals surface area contributed by atoms with Crippen LogP contribution in [0.3, 0.4) is 0 Å². The molecule has 0 spiro atoms. The summed E-state index contributed by atoms with van der Waals surface area (Å²) in [6.07, 6.45) is 16.4. The summed E-state index contributed by atoms with van der Waals surface area (Å²) < 4.78 is 0. The largest absolute Gasteiger partial charge is 0.290 e. The fourth-order valence-corrected chi connectivity index (χ4v) is 4.82. The lowest BCUT2D eigenvalue weighted by molar-refractivity contribution is -0.110. The van der Waals surface area contributed by atoms with Crippen LogP contribution >= 0.6 is 0 Å². The van der Waals surface area contributed by atoms with Crippen LogP contribution in [-0.2, 0) is 4.79 Å². The monoisotopic (exact) mass is 240 g/mol. The summed E-state index contributed by atoms with van der Waals surface area (Å²) in [5.74, 6) is 3.42. The summed E-state index contributed by atoms with van der Waals surface area (Å²) in [7, 11) is 0. The first-order valence-electron chi connectivity index (χ1n) is 7.45. The zero-order valence-electron chi connectivity index (χ0n) is 10.8. The van der Waals surface area contributed by atoms with E-state index in [4.69, 9.17) is 0 Å². The number of carbonyl (C=O) groups excluding carboxylic acids is 1. The molecule has 1 heteroatoms. The first-order chi connectivity index (χ1) is 8.83. The summed E-state index contributed by atoms with van der Waals surface area (Å²) >= 11 is 0. The Labute approximate surface area is 109 Å². The topological polar surface area (TPSA) is 17.1 Å². The van der Waals surface area contributed by atoms with Crippen LogP contribution in [0.4, 0.5) is 0 Å². The smallest absolute Gasteiger partial charge is 0.178 e. The second kappa shape index (κ2) is 3.94. The molecule has 4 atom stereocenters. The lowest BCUT2D eigenvalue weighted by Gasteiger charge is -2.42. The van der Waals surface area contributed by atoms with Gasteiger partial charge in [-0.25, -0.2) is 0 Å². The molecule has 0 aromatic carbocycles. The Morgan fingerprint density at radius 3 is 3.06 bits per heavy atom. The van der Waals surface area contributed by atoms with E-state index >= 15 is 0 Å². The minimum absolute atomic E-state index is 0.190. The highest BCUT2D eigenvalue weighted by Crippen LogP contribution is 2.53. The number of ketones is 1. The molecule has 0 aliphatic heterocycles. The normalized spacial score (nSPS) is 41.7. The molecule has 0 N–H and O–H groups in total. The quantitative estimate of drug-likeness (QED) is 0.588. The molecule has 0 aromatic heterocycles. The van der Waals surface area contributed by atoms with Gasteiger partial charge in [-0.1, -0.05) is 29.7 Å². The molecule has 4 unspecified atom stereocenters. The first-order valence-corrected chi connectivity index (χ1v) is 7.45. The van der Waals surface area contributed by atoms with E-state index < -0.39 is 0 Å². The molecule has 0 amide bonds. The van der Waals surface area contributed by atoms with Crippen LogP contribution < -0.4 is 0 Å². The van der Waals surface area contributed by atoms with E-state index in [0.717, 1.165) is 24.2 Å². The van der Waals surface area contributed by atoms with Gasteiger partial charge in [0, 0.05) is 5.92 Å². The van der Waals surface area contributed by atoms with Crippen molar-refractivity contribution in [2.24, 2.45) is 23.7 Å². The third kappa shape index (κ3) is 1.49. The molecule has 0 heterocycles. The summed E-state index contributed by atoms with van der Waals surface area (Å²) in [6, 6.07) is 0. The summed E-state index contributed by atoms with van der Waals surface area (Å²) in [5, 5.41) is 0. The van der Waals surface area contributed by atoms with E-state index in [2.05, 4.69) is 12.2 Å². The number of hydrogen-bond donors (Lipinski definition) is 0. The molecule has 0 bridgehead atoms. The number of rotatable bonds is 0. The molecule has 4 aliphatic carbocycles. The van der Waals surface area contributed by atoms with Gasteiger partial charge in [-0.15, -0.1) is 0 Å². The molecular weight excluding hydrogens is 220 g/mol. The molecule has 4 aliphatic rings. The predicted octanol–water partition coefficient (Wildman–Crippen LogP) is 3.82. The van der Waals surface area contributed by atoms with Crippen molar-refractivity contribution in [1.82, 2.24) is 0 Å². The van der Waals surface area contributed by atoms with Crippen LogP contribution in [-0.4, -0.2) is 5.78 Å². The van der Waals surface area contributed by atoms with Gasteiger partial charge in [0.15, 0.2) is 5.78 Å².